The van der Waals surface area contributed by atoms with Crippen LogP contribution in [0.3, 0.4) is 0 Å². The zero-order chi connectivity index (χ0) is 30.4. The Balaban J connectivity index is 1.41. The van der Waals surface area contributed by atoms with Crippen molar-refractivity contribution < 1.29 is 27.8 Å². The van der Waals surface area contributed by atoms with E-state index < -0.39 is 24.3 Å². The number of carboxylic acids is 1. The molecular formula is C28H33ClF3N7O3. The third kappa shape index (κ3) is 5.98. The number of nitrogens with two attached hydrogens (primary N) is 1. The van der Waals surface area contributed by atoms with Crippen LogP contribution in [0.5, 0.6) is 5.88 Å². The van der Waals surface area contributed by atoms with Gasteiger partial charge in [-0.25, -0.2) is 4.68 Å². The molecule has 1 spiro atoms. The van der Waals surface area contributed by atoms with Crippen molar-refractivity contribution in [2.24, 2.45) is 11.3 Å². The number of aryl methyl sites for hydroxylation is 1. The number of halogens is 4. The summed E-state index contributed by atoms with van der Waals surface area (Å²) < 4.78 is 50.3. The van der Waals surface area contributed by atoms with Gasteiger partial charge in [-0.3, -0.25) is 4.79 Å². The van der Waals surface area contributed by atoms with Crippen LogP contribution < -0.4 is 20.7 Å². The zero-order valence-electron chi connectivity index (χ0n) is 23.4. The number of carbonyl (C=O) groups is 1. The van der Waals surface area contributed by atoms with Crippen LogP contribution in [0.1, 0.15) is 50.5 Å². The van der Waals surface area contributed by atoms with Gasteiger partial charge in [0.1, 0.15) is 11.9 Å². The summed E-state index contributed by atoms with van der Waals surface area (Å²) in [6.45, 7) is 6.91. The number of alkyl halides is 3. The highest BCUT2D eigenvalue weighted by atomic mass is 35.5. The van der Waals surface area contributed by atoms with Gasteiger partial charge in [0.05, 0.1) is 11.4 Å². The monoisotopic (exact) mass is 607 g/mol. The molecule has 0 bridgehead atoms. The van der Waals surface area contributed by atoms with Crippen molar-refractivity contribution in [2.45, 2.75) is 64.4 Å². The van der Waals surface area contributed by atoms with E-state index in [2.05, 4.69) is 34.2 Å². The highest BCUT2D eigenvalue weighted by Crippen LogP contribution is 2.47. The molecule has 5 rings (SSSR count). The van der Waals surface area contributed by atoms with Gasteiger partial charge in [0.15, 0.2) is 0 Å². The molecule has 14 heteroatoms. The normalized spacial score (nSPS) is 21.2. The Morgan fingerprint density at radius 1 is 1.21 bits per heavy atom. The molecule has 4 N–H and O–H groups in total. The van der Waals surface area contributed by atoms with E-state index in [0.29, 0.717) is 43.9 Å². The molecule has 42 heavy (non-hydrogen) atoms. The Kier molecular flexibility index (Phi) is 8.01. The number of benzene rings is 1. The van der Waals surface area contributed by atoms with E-state index >= 15 is 0 Å². The molecule has 1 aromatic carbocycles. The maximum atomic E-state index is 14.5. The second-order valence-corrected chi connectivity index (χ2v) is 11.8. The van der Waals surface area contributed by atoms with Gasteiger partial charge in [0, 0.05) is 42.0 Å². The number of ether oxygens (including phenoxy) is 1. The number of nitrogen functional groups attached to an aromatic ring is 1. The van der Waals surface area contributed by atoms with Crippen molar-refractivity contribution in [2.75, 3.05) is 23.7 Å². The van der Waals surface area contributed by atoms with Crippen LogP contribution in [-0.4, -0.2) is 62.2 Å². The van der Waals surface area contributed by atoms with Crippen molar-refractivity contribution >= 4 is 29.3 Å². The van der Waals surface area contributed by atoms with Gasteiger partial charge in [-0.2, -0.15) is 28.2 Å². The number of piperidine rings is 1. The van der Waals surface area contributed by atoms with Crippen LogP contribution in [0.2, 0.25) is 5.02 Å². The van der Waals surface area contributed by atoms with Crippen molar-refractivity contribution in [3.05, 3.63) is 52.8 Å². The summed E-state index contributed by atoms with van der Waals surface area (Å²) in [6.07, 6.45) is -3.77. The van der Waals surface area contributed by atoms with Gasteiger partial charge >= 0.3 is 12.1 Å². The number of carboxylic acid groups (broad SMARTS) is 1. The molecule has 2 unspecified atom stereocenters. The second-order valence-electron chi connectivity index (χ2n) is 11.4. The van der Waals surface area contributed by atoms with Crippen LogP contribution in [0.4, 0.5) is 24.9 Å². The lowest BCUT2D eigenvalue weighted by atomic mass is 9.69. The van der Waals surface area contributed by atoms with E-state index in [1.165, 1.54) is 28.9 Å². The third-order valence-corrected chi connectivity index (χ3v) is 8.42. The minimum Gasteiger partial charge on any atom is -0.480 e. The molecule has 0 saturated carbocycles. The molecule has 2 saturated heterocycles. The molecule has 2 fully saturated rings. The number of nitrogens with zero attached hydrogens (tertiary/aromatic N) is 5. The predicted molar refractivity (Wildman–Crippen MR) is 151 cm³/mol. The Hall–Kier alpha value is -3.58. The highest BCUT2D eigenvalue weighted by molar-refractivity contribution is 6.30. The van der Waals surface area contributed by atoms with Gasteiger partial charge in [0.25, 0.3) is 0 Å². The minimum atomic E-state index is -4.82. The van der Waals surface area contributed by atoms with Crippen LogP contribution in [0.15, 0.2) is 36.5 Å². The maximum absolute atomic E-state index is 14.5. The first kappa shape index (κ1) is 29.9. The van der Waals surface area contributed by atoms with Crippen molar-refractivity contribution in [3.63, 3.8) is 0 Å². The summed E-state index contributed by atoms with van der Waals surface area (Å²) >= 11 is 6.14. The SMILES string of the molecule is Cc1ccn(-c2cc(Cl)ccc2[C@@H](Oc2cc(N3CCC4(CC3)CC(C(=O)O)NC4C(C)C)nc(N)n2)C(F)(F)F)n1. The number of anilines is 2. The largest absolute Gasteiger partial charge is 0.480 e. The molecule has 226 valence electrons. The van der Waals surface area contributed by atoms with E-state index in [9.17, 15) is 23.1 Å². The molecule has 2 aromatic heterocycles. The predicted octanol–water partition coefficient (Wildman–Crippen LogP) is 4.95. The fraction of sp³-hybridized carbons (Fsp3) is 0.500. The van der Waals surface area contributed by atoms with Crippen LogP contribution in [0, 0.1) is 18.3 Å². The first-order valence-electron chi connectivity index (χ1n) is 13.7. The summed E-state index contributed by atoms with van der Waals surface area (Å²) in [5.74, 6) is -0.842. The average Bonchev–Trinajstić information content (AvgIpc) is 3.51. The Morgan fingerprint density at radius 2 is 1.93 bits per heavy atom. The van der Waals surface area contributed by atoms with E-state index in [-0.39, 0.29) is 45.5 Å². The number of hydrogen-bond donors (Lipinski definition) is 3. The van der Waals surface area contributed by atoms with Crippen molar-refractivity contribution in [1.82, 2.24) is 25.1 Å². The standard InChI is InChI=1S/C28H33ClF3N7O3/c1-15(2)23-27(14-19(34-23)25(40)41)7-10-38(11-8-27)21-13-22(36-26(33)35-21)42-24(28(30,31)32)18-5-4-17(29)12-20(18)39-9-6-16(3)37-39/h4-6,9,12-13,15,19,23-24,34H,7-8,10-11,14H2,1-3H3,(H,40,41)(H2,33,35,36)/t19?,23?,24-/m1/s1. The van der Waals surface area contributed by atoms with Gasteiger partial charge in [0.2, 0.25) is 17.9 Å². The van der Waals surface area contributed by atoms with Crippen molar-refractivity contribution in [1.29, 1.82) is 0 Å². The fourth-order valence-electron chi connectivity index (χ4n) is 6.31. The molecule has 0 amide bonds. The first-order chi connectivity index (χ1) is 19.8. The van der Waals surface area contributed by atoms with E-state index in [4.69, 9.17) is 22.1 Å². The molecule has 3 atom stereocenters. The number of hydrogen-bond acceptors (Lipinski definition) is 8. The van der Waals surface area contributed by atoms with Gasteiger partial charge in [-0.1, -0.05) is 31.5 Å². The average molecular weight is 608 g/mol. The molecule has 2 aliphatic heterocycles. The van der Waals surface area contributed by atoms with E-state index in [1.54, 1.807) is 19.2 Å². The highest BCUT2D eigenvalue weighted by Gasteiger charge is 2.51. The van der Waals surface area contributed by atoms with Crippen LogP contribution >= 0.6 is 11.6 Å². The number of aromatic nitrogens is 4. The Morgan fingerprint density at radius 3 is 2.52 bits per heavy atom. The van der Waals surface area contributed by atoms with E-state index in [1.807, 2.05) is 4.90 Å². The zero-order valence-corrected chi connectivity index (χ0v) is 24.2. The van der Waals surface area contributed by atoms with Gasteiger partial charge in [-0.05, 0) is 55.7 Å². The molecule has 10 nitrogen and oxygen atoms in total. The fourth-order valence-corrected chi connectivity index (χ4v) is 6.47. The van der Waals surface area contributed by atoms with E-state index in [0.717, 1.165) is 0 Å². The second kappa shape index (κ2) is 11.3. The molecule has 3 aromatic rings. The molecule has 4 heterocycles. The van der Waals surface area contributed by atoms with Gasteiger partial charge < -0.3 is 25.8 Å². The number of aliphatic carboxylic acids is 1. The molecular weight excluding hydrogens is 575 g/mol. The molecule has 2 aliphatic rings. The summed E-state index contributed by atoms with van der Waals surface area (Å²) in [6, 6.07) is 6.46. The Labute approximate surface area is 246 Å². The number of nitrogens with one attached hydrogen (secondary N) is 1. The lowest BCUT2D eigenvalue weighted by molar-refractivity contribution is -0.198. The Bertz CT molecular complexity index is 1460. The summed E-state index contributed by atoms with van der Waals surface area (Å²) in [5.41, 5.74) is 6.28. The molecule has 0 radical (unpaired) electrons. The third-order valence-electron chi connectivity index (χ3n) is 8.19. The summed E-state index contributed by atoms with van der Waals surface area (Å²) in [5, 5.41) is 17.4. The van der Waals surface area contributed by atoms with Gasteiger partial charge in [-0.15, -0.1) is 0 Å². The lowest BCUT2D eigenvalue weighted by Gasteiger charge is -2.44. The van der Waals surface area contributed by atoms with Crippen LogP contribution in [-0.2, 0) is 4.79 Å². The van der Waals surface area contributed by atoms with Crippen LogP contribution in [0.25, 0.3) is 5.69 Å². The lowest BCUT2D eigenvalue weighted by Crippen LogP contribution is -2.49. The minimum absolute atomic E-state index is 0.0369. The smallest absolute Gasteiger partial charge is 0.429 e. The number of rotatable bonds is 7. The first-order valence-corrected chi connectivity index (χ1v) is 14.1. The quantitative estimate of drug-likeness (QED) is 0.341. The summed E-state index contributed by atoms with van der Waals surface area (Å²) in [4.78, 5) is 21.9. The van der Waals surface area contributed by atoms with Crippen molar-refractivity contribution in [3.8, 4) is 11.6 Å². The molecule has 0 aliphatic carbocycles. The topological polar surface area (TPSA) is 131 Å². The summed E-state index contributed by atoms with van der Waals surface area (Å²) in [7, 11) is 0. The maximum Gasteiger partial charge on any atom is 0.429 e.